The highest BCUT2D eigenvalue weighted by Gasteiger charge is 2.35. The zero-order valence-corrected chi connectivity index (χ0v) is 13.3. The van der Waals surface area contributed by atoms with Gasteiger partial charge >= 0.3 is 12.0 Å². The number of urea groups is 1. The summed E-state index contributed by atoms with van der Waals surface area (Å²) in [6, 6.07) is -0.0628. The molecule has 0 aromatic rings. The zero-order valence-electron chi connectivity index (χ0n) is 13.3. The van der Waals surface area contributed by atoms with Crippen LogP contribution in [0.3, 0.4) is 0 Å². The van der Waals surface area contributed by atoms with E-state index in [-0.39, 0.29) is 23.4 Å². The van der Waals surface area contributed by atoms with Crippen LogP contribution in [-0.4, -0.2) is 65.7 Å². The number of carboxylic acids is 1. The largest absolute Gasteiger partial charge is 0.481 e. The summed E-state index contributed by atoms with van der Waals surface area (Å²) in [6.07, 6.45) is 2.57. The third kappa shape index (κ3) is 3.67. The smallest absolute Gasteiger partial charge is 0.317 e. The maximum atomic E-state index is 12.3. The van der Waals surface area contributed by atoms with E-state index in [9.17, 15) is 9.59 Å². The van der Waals surface area contributed by atoms with Gasteiger partial charge in [0.25, 0.3) is 0 Å². The fourth-order valence-electron chi connectivity index (χ4n) is 3.35. The normalized spacial score (nSPS) is 29.4. The van der Waals surface area contributed by atoms with Crippen LogP contribution in [-0.2, 0) is 4.79 Å². The number of carbonyl (C=O) groups is 2. The van der Waals surface area contributed by atoms with Crippen molar-refractivity contribution in [2.45, 2.75) is 38.6 Å². The van der Waals surface area contributed by atoms with Gasteiger partial charge in [-0.05, 0) is 39.7 Å². The second-order valence-corrected chi connectivity index (χ2v) is 6.98. The summed E-state index contributed by atoms with van der Waals surface area (Å²) in [7, 11) is 2.07. The first-order valence-electron chi connectivity index (χ1n) is 7.78. The van der Waals surface area contributed by atoms with Crippen LogP contribution in [0.25, 0.3) is 0 Å². The number of amides is 2. The van der Waals surface area contributed by atoms with E-state index in [1.165, 1.54) is 0 Å². The number of nitrogens with one attached hydrogen (secondary N) is 1. The van der Waals surface area contributed by atoms with Crippen molar-refractivity contribution in [3.8, 4) is 0 Å². The topological polar surface area (TPSA) is 72.9 Å². The van der Waals surface area contributed by atoms with Gasteiger partial charge in [-0.25, -0.2) is 4.79 Å². The van der Waals surface area contributed by atoms with Crippen molar-refractivity contribution < 1.29 is 14.7 Å². The molecule has 6 nitrogen and oxygen atoms in total. The molecule has 1 aliphatic carbocycles. The van der Waals surface area contributed by atoms with Crippen molar-refractivity contribution in [3.05, 3.63) is 0 Å². The first-order valence-corrected chi connectivity index (χ1v) is 7.78. The molecule has 1 saturated carbocycles. The molecule has 2 N–H and O–H groups in total. The SMILES string of the molecule is CN1CCN(C(=O)NCC2CCCC2C(=O)O)CC1(C)C. The Balaban J connectivity index is 1.83. The van der Waals surface area contributed by atoms with E-state index in [0.29, 0.717) is 13.1 Å². The lowest BCUT2D eigenvalue weighted by molar-refractivity contribution is -0.142. The summed E-state index contributed by atoms with van der Waals surface area (Å²) in [5.74, 6) is -0.950. The number of nitrogens with zero attached hydrogens (tertiary/aromatic N) is 2. The van der Waals surface area contributed by atoms with E-state index in [1.807, 2.05) is 4.90 Å². The number of aliphatic carboxylic acids is 1. The van der Waals surface area contributed by atoms with Crippen LogP contribution >= 0.6 is 0 Å². The van der Waals surface area contributed by atoms with Gasteiger partial charge in [-0.1, -0.05) is 6.42 Å². The Labute approximate surface area is 126 Å². The molecule has 0 spiro atoms. The second kappa shape index (κ2) is 6.22. The Kier molecular flexibility index (Phi) is 4.76. The number of hydrogen-bond donors (Lipinski definition) is 2. The van der Waals surface area contributed by atoms with Crippen LogP contribution in [0.15, 0.2) is 0 Å². The van der Waals surface area contributed by atoms with Gasteiger partial charge in [-0.3, -0.25) is 9.69 Å². The van der Waals surface area contributed by atoms with Gasteiger partial charge in [0, 0.05) is 31.7 Å². The van der Waals surface area contributed by atoms with E-state index in [4.69, 9.17) is 5.11 Å². The monoisotopic (exact) mass is 297 g/mol. The van der Waals surface area contributed by atoms with Crippen molar-refractivity contribution in [2.24, 2.45) is 11.8 Å². The molecule has 2 amide bonds. The maximum absolute atomic E-state index is 12.3. The minimum absolute atomic E-state index is 0.0213. The lowest BCUT2D eigenvalue weighted by Gasteiger charge is -2.45. The lowest BCUT2D eigenvalue weighted by Crippen LogP contribution is -2.60. The molecule has 120 valence electrons. The van der Waals surface area contributed by atoms with Crippen LogP contribution in [0.4, 0.5) is 4.79 Å². The minimum Gasteiger partial charge on any atom is -0.481 e. The van der Waals surface area contributed by atoms with Crippen molar-refractivity contribution in [3.63, 3.8) is 0 Å². The van der Waals surface area contributed by atoms with Crippen LogP contribution < -0.4 is 5.32 Å². The van der Waals surface area contributed by atoms with Crippen LogP contribution in [0.2, 0.25) is 0 Å². The predicted molar refractivity (Wildman–Crippen MR) is 80.1 cm³/mol. The maximum Gasteiger partial charge on any atom is 0.317 e. The quantitative estimate of drug-likeness (QED) is 0.821. The molecular weight excluding hydrogens is 270 g/mol. The summed E-state index contributed by atoms with van der Waals surface area (Å²) < 4.78 is 0. The molecule has 2 fully saturated rings. The van der Waals surface area contributed by atoms with E-state index < -0.39 is 5.97 Å². The first-order chi connectivity index (χ1) is 9.81. The van der Waals surface area contributed by atoms with Crippen LogP contribution in [0.1, 0.15) is 33.1 Å². The number of likely N-dealkylation sites (N-methyl/N-ethyl adjacent to an activating group) is 1. The van der Waals surface area contributed by atoms with Crippen molar-refractivity contribution in [2.75, 3.05) is 33.2 Å². The van der Waals surface area contributed by atoms with Gasteiger partial charge in [0.2, 0.25) is 0 Å². The standard InChI is InChI=1S/C15H27N3O3/c1-15(2)10-18(8-7-17(15)3)14(21)16-9-11-5-4-6-12(11)13(19)20/h11-12H,4-10H2,1-3H3,(H,16,21)(H,19,20). The average Bonchev–Trinajstić information content (AvgIpc) is 2.87. The zero-order chi connectivity index (χ0) is 15.6. The summed E-state index contributed by atoms with van der Waals surface area (Å²) in [6.45, 7) is 7.01. The fraction of sp³-hybridized carbons (Fsp3) is 0.867. The molecule has 1 saturated heterocycles. The van der Waals surface area contributed by atoms with Crippen molar-refractivity contribution in [1.29, 1.82) is 0 Å². The van der Waals surface area contributed by atoms with E-state index in [0.717, 1.165) is 32.4 Å². The Hall–Kier alpha value is -1.30. The molecule has 0 aromatic carbocycles. The molecule has 2 rings (SSSR count). The summed E-state index contributed by atoms with van der Waals surface area (Å²) in [5, 5.41) is 12.1. The Morgan fingerprint density at radius 1 is 1.29 bits per heavy atom. The molecule has 2 unspecified atom stereocenters. The molecule has 6 heteroatoms. The summed E-state index contributed by atoms with van der Waals surface area (Å²) in [5.41, 5.74) is -0.0213. The van der Waals surface area contributed by atoms with Gasteiger partial charge in [0.1, 0.15) is 0 Å². The number of carboxylic acid groups (broad SMARTS) is 1. The third-order valence-electron chi connectivity index (χ3n) is 5.10. The molecule has 21 heavy (non-hydrogen) atoms. The van der Waals surface area contributed by atoms with Gasteiger partial charge < -0.3 is 15.3 Å². The Morgan fingerprint density at radius 2 is 2.00 bits per heavy atom. The Morgan fingerprint density at radius 3 is 2.62 bits per heavy atom. The van der Waals surface area contributed by atoms with Crippen molar-refractivity contribution in [1.82, 2.24) is 15.1 Å². The highest BCUT2D eigenvalue weighted by atomic mass is 16.4. The number of carbonyl (C=O) groups excluding carboxylic acids is 1. The number of piperazine rings is 1. The van der Waals surface area contributed by atoms with E-state index in [2.05, 4.69) is 31.1 Å². The molecule has 0 bridgehead atoms. The van der Waals surface area contributed by atoms with Gasteiger partial charge in [0.15, 0.2) is 0 Å². The van der Waals surface area contributed by atoms with Gasteiger partial charge in [-0.2, -0.15) is 0 Å². The third-order valence-corrected chi connectivity index (χ3v) is 5.10. The molecule has 1 aliphatic heterocycles. The molecule has 2 aliphatic rings. The first kappa shape index (κ1) is 16.1. The highest BCUT2D eigenvalue weighted by molar-refractivity contribution is 5.75. The summed E-state index contributed by atoms with van der Waals surface area (Å²) in [4.78, 5) is 27.5. The van der Waals surface area contributed by atoms with Crippen LogP contribution in [0, 0.1) is 11.8 Å². The van der Waals surface area contributed by atoms with Crippen molar-refractivity contribution >= 4 is 12.0 Å². The Bertz CT molecular complexity index is 411. The van der Waals surface area contributed by atoms with E-state index in [1.54, 1.807) is 0 Å². The van der Waals surface area contributed by atoms with E-state index >= 15 is 0 Å². The molecule has 0 aromatic heterocycles. The number of hydrogen-bond acceptors (Lipinski definition) is 3. The molecular formula is C15H27N3O3. The average molecular weight is 297 g/mol. The minimum atomic E-state index is -0.729. The second-order valence-electron chi connectivity index (χ2n) is 6.98. The molecule has 0 radical (unpaired) electrons. The molecule has 1 heterocycles. The number of rotatable bonds is 3. The van der Waals surface area contributed by atoms with Gasteiger partial charge in [0.05, 0.1) is 5.92 Å². The van der Waals surface area contributed by atoms with Gasteiger partial charge in [-0.15, -0.1) is 0 Å². The predicted octanol–water partition coefficient (Wildman–Crippen LogP) is 1.22. The lowest BCUT2D eigenvalue weighted by atomic mass is 9.96. The summed E-state index contributed by atoms with van der Waals surface area (Å²) >= 11 is 0. The fourth-order valence-corrected chi connectivity index (χ4v) is 3.35. The highest BCUT2D eigenvalue weighted by Crippen LogP contribution is 2.31. The van der Waals surface area contributed by atoms with Crippen LogP contribution in [0.5, 0.6) is 0 Å². The molecule has 2 atom stereocenters.